The molecule has 19 heavy (non-hydrogen) atoms. The van der Waals surface area contributed by atoms with Crippen LogP contribution in [0.4, 0.5) is 11.6 Å². The summed E-state index contributed by atoms with van der Waals surface area (Å²) < 4.78 is 25.8. The third-order valence-corrected chi connectivity index (χ3v) is 3.54. The Morgan fingerprint density at radius 2 is 1.74 bits per heavy atom. The van der Waals surface area contributed by atoms with Crippen molar-refractivity contribution in [3.05, 3.63) is 12.1 Å². The average Bonchev–Trinajstić information content (AvgIpc) is 2.27. The van der Waals surface area contributed by atoms with Gasteiger partial charge in [0.1, 0.15) is 5.82 Å². The van der Waals surface area contributed by atoms with E-state index in [1.54, 1.807) is 12.1 Å². The van der Waals surface area contributed by atoms with Crippen LogP contribution in [-0.4, -0.2) is 29.9 Å². The van der Waals surface area contributed by atoms with E-state index in [2.05, 4.69) is 20.2 Å². The van der Waals surface area contributed by atoms with Crippen molar-refractivity contribution in [2.45, 2.75) is 46.1 Å². The number of aromatic nitrogens is 2. The lowest BCUT2D eigenvalue weighted by Gasteiger charge is -2.20. The number of unbranched alkanes of at least 4 members (excludes halogenated alkanes) is 1. The number of hydrogen-bond donors (Lipinski definition) is 2. The molecule has 1 aromatic rings. The number of hydrogen-bond acceptors (Lipinski definition) is 5. The molecule has 6 nitrogen and oxygen atoms in total. The van der Waals surface area contributed by atoms with E-state index in [0.29, 0.717) is 12.2 Å². The first-order chi connectivity index (χ1) is 8.72. The molecule has 1 heterocycles. The van der Waals surface area contributed by atoms with E-state index in [1.807, 2.05) is 27.7 Å². The number of rotatable bonds is 6. The van der Waals surface area contributed by atoms with Crippen LogP contribution in [0.2, 0.25) is 0 Å². The summed E-state index contributed by atoms with van der Waals surface area (Å²) in [6, 6.07) is 3.31. The molecule has 0 aliphatic heterocycles. The first kappa shape index (κ1) is 15.7. The van der Waals surface area contributed by atoms with Crippen molar-refractivity contribution in [1.82, 2.24) is 10.2 Å². The average molecular weight is 286 g/mol. The molecule has 0 aliphatic rings. The van der Waals surface area contributed by atoms with Gasteiger partial charge in [0.25, 0.3) is 0 Å². The lowest BCUT2D eigenvalue weighted by molar-refractivity contribution is 0.597. The number of nitrogens with one attached hydrogen (secondary N) is 2. The second-order valence-electron chi connectivity index (χ2n) is 5.45. The van der Waals surface area contributed by atoms with Gasteiger partial charge in [0.15, 0.2) is 5.82 Å². The summed E-state index contributed by atoms with van der Waals surface area (Å²) in [6.07, 6.45) is 1.47. The van der Waals surface area contributed by atoms with E-state index in [4.69, 9.17) is 0 Å². The van der Waals surface area contributed by atoms with Gasteiger partial charge in [0, 0.05) is 5.54 Å². The van der Waals surface area contributed by atoms with Crippen molar-refractivity contribution in [2.75, 3.05) is 15.8 Å². The Morgan fingerprint density at radius 1 is 1.16 bits per heavy atom. The predicted molar refractivity (Wildman–Crippen MR) is 77.7 cm³/mol. The molecule has 1 aromatic heterocycles. The molecule has 0 spiro atoms. The second-order valence-corrected chi connectivity index (χ2v) is 7.30. The number of sulfonamides is 1. The molecule has 0 radical (unpaired) electrons. The predicted octanol–water partition coefficient (Wildman–Crippen LogP) is 2.23. The maximum absolute atomic E-state index is 11.7. The standard InChI is InChI=1S/C12H22N4O2S/c1-5-6-9-19(17,18)16-11-8-7-10(14-15-11)13-12(2,3)4/h7-8H,5-6,9H2,1-4H3,(H,13,14)(H,15,16). The molecule has 0 bridgehead atoms. The Bertz CT molecular complexity index is 491. The first-order valence-electron chi connectivity index (χ1n) is 6.34. The minimum atomic E-state index is -3.32. The van der Waals surface area contributed by atoms with E-state index >= 15 is 0 Å². The van der Waals surface area contributed by atoms with Crippen LogP contribution < -0.4 is 10.0 Å². The molecule has 7 heteroatoms. The van der Waals surface area contributed by atoms with Gasteiger partial charge >= 0.3 is 0 Å². The van der Waals surface area contributed by atoms with Crippen LogP contribution in [0.3, 0.4) is 0 Å². The Balaban J connectivity index is 2.67. The molecule has 0 fully saturated rings. The maximum atomic E-state index is 11.7. The number of nitrogens with zero attached hydrogens (tertiary/aromatic N) is 2. The van der Waals surface area contributed by atoms with Gasteiger partial charge in [-0.25, -0.2) is 8.42 Å². The molecule has 108 valence electrons. The number of anilines is 2. The Morgan fingerprint density at radius 3 is 2.21 bits per heavy atom. The van der Waals surface area contributed by atoms with Crippen molar-refractivity contribution >= 4 is 21.7 Å². The van der Waals surface area contributed by atoms with Crippen LogP contribution in [0.25, 0.3) is 0 Å². The highest BCUT2D eigenvalue weighted by atomic mass is 32.2. The topological polar surface area (TPSA) is 84.0 Å². The summed E-state index contributed by atoms with van der Waals surface area (Å²) in [4.78, 5) is 0. The molecule has 0 saturated heterocycles. The van der Waals surface area contributed by atoms with Crippen molar-refractivity contribution < 1.29 is 8.42 Å². The van der Waals surface area contributed by atoms with Crippen LogP contribution in [0, 0.1) is 0 Å². The lowest BCUT2D eigenvalue weighted by Crippen LogP contribution is -2.27. The molecule has 2 N–H and O–H groups in total. The Labute approximate surface area is 115 Å². The van der Waals surface area contributed by atoms with E-state index in [9.17, 15) is 8.42 Å². The molecule has 1 rings (SSSR count). The van der Waals surface area contributed by atoms with Crippen LogP contribution in [0.5, 0.6) is 0 Å². The third-order valence-electron chi connectivity index (χ3n) is 2.19. The van der Waals surface area contributed by atoms with Gasteiger partial charge in [0.2, 0.25) is 10.0 Å². The van der Waals surface area contributed by atoms with Crippen molar-refractivity contribution in [1.29, 1.82) is 0 Å². The van der Waals surface area contributed by atoms with Crippen molar-refractivity contribution in [2.24, 2.45) is 0 Å². The Hall–Kier alpha value is -1.37. The zero-order chi connectivity index (χ0) is 14.5. The normalized spacial score (nSPS) is 12.2. The zero-order valence-corrected chi connectivity index (χ0v) is 12.7. The lowest BCUT2D eigenvalue weighted by atomic mass is 10.1. The van der Waals surface area contributed by atoms with E-state index in [-0.39, 0.29) is 17.1 Å². The minimum Gasteiger partial charge on any atom is -0.364 e. The Kier molecular flexibility index (Phi) is 5.11. The highest BCUT2D eigenvalue weighted by Gasteiger charge is 2.12. The third kappa shape index (κ3) is 6.37. The molecule has 0 amide bonds. The van der Waals surface area contributed by atoms with Gasteiger partial charge in [-0.3, -0.25) is 4.72 Å². The van der Waals surface area contributed by atoms with Crippen LogP contribution in [0.1, 0.15) is 40.5 Å². The smallest absolute Gasteiger partial charge is 0.233 e. The summed E-state index contributed by atoms with van der Waals surface area (Å²) >= 11 is 0. The second kappa shape index (κ2) is 6.18. The SMILES string of the molecule is CCCCS(=O)(=O)Nc1ccc(NC(C)(C)C)nn1. The van der Waals surface area contributed by atoms with Gasteiger partial charge in [-0.05, 0) is 39.3 Å². The van der Waals surface area contributed by atoms with E-state index in [1.165, 1.54) is 0 Å². The summed E-state index contributed by atoms with van der Waals surface area (Å²) in [6.45, 7) is 7.98. The molecule has 0 unspecified atom stereocenters. The van der Waals surface area contributed by atoms with Gasteiger partial charge in [-0.1, -0.05) is 13.3 Å². The van der Waals surface area contributed by atoms with Crippen LogP contribution in [-0.2, 0) is 10.0 Å². The molecule has 0 atom stereocenters. The van der Waals surface area contributed by atoms with E-state index < -0.39 is 10.0 Å². The zero-order valence-electron chi connectivity index (χ0n) is 11.9. The fourth-order valence-electron chi connectivity index (χ4n) is 1.38. The van der Waals surface area contributed by atoms with Gasteiger partial charge in [-0.2, -0.15) is 0 Å². The molecule has 0 aliphatic carbocycles. The minimum absolute atomic E-state index is 0.104. The van der Waals surface area contributed by atoms with Crippen molar-refractivity contribution in [3.63, 3.8) is 0 Å². The molecule has 0 saturated carbocycles. The van der Waals surface area contributed by atoms with E-state index in [0.717, 1.165) is 6.42 Å². The van der Waals surface area contributed by atoms with Gasteiger partial charge in [-0.15, -0.1) is 10.2 Å². The summed E-state index contributed by atoms with van der Waals surface area (Å²) in [7, 11) is -3.32. The van der Waals surface area contributed by atoms with Gasteiger partial charge in [0.05, 0.1) is 5.75 Å². The van der Waals surface area contributed by atoms with Crippen LogP contribution >= 0.6 is 0 Å². The summed E-state index contributed by atoms with van der Waals surface area (Å²) in [5.74, 6) is 0.965. The monoisotopic (exact) mass is 286 g/mol. The maximum Gasteiger partial charge on any atom is 0.233 e. The summed E-state index contributed by atoms with van der Waals surface area (Å²) in [5.41, 5.74) is -0.114. The molecule has 0 aromatic carbocycles. The quantitative estimate of drug-likeness (QED) is 0.837. The molecular weight excluding hydrogens is 264 g/mol. The summed E-state index contributed by atoms with van der Waals surface area (Å²) in [5, 5.41) is 10.9. The highest BCUT2D eigenvalue weighted by molar-refractivity contribution is 7.92. The fraction of sp³-hybridized carbons (Fsp3) is 0.667. The van der Waals surface area contributed by atoms with Crippen molar-refractivity contribution in [3.8, 4) is 0 Å². The van der Waals surface area contributed by atoms with Crippen LogP contribution in [0.15, 0.2) is 12.1 Å². The first-order valence-corrected chi connectivity index (χ1v) is 7.99. The largest absolute Gasteiger partial charge is 0.364 e. The highest BCUT2D eigenvalue weighted by Crippen LogP contribution is 2.13. The molecular formula is C12H22N4O2S. The fourth-order valence-corrected chi connectivity index (χ4v) is 2.58. The van der Waals surface area contributed by atoms with Gasteiger partial charge < -0.3 is 5.32 Å².